The normalized spacial score (nSPS) is 18.9. The molecule has 1 aromatic carbocycles. The molecule has 1 amide bonds. The minimum atomic E-state index is 0.0439. The molecule has 1 saturated heterocycles. The molecule has 20 heavy (non-hydrogen) atoms. The Balaban J connectivity index is 2.16. The standard InChI is InChI=1S/C15H23N3O2/c1-11-5-6-14(17-16)13(8-11)15(19)18-7-3-4-12(9-18)10-20-2/h5-6,8,12,17H,3-4,7,9-10,16H2,1-2H3. The van der Waals surface area contributed by atoms with Crippen molar-refractivity contribution in [2.45, 2.75) is 19.8 Å². The second kappa shape index (κ2) is 6.72. The number of rotatable bonds is 4. The molecule has 1 unspecified atom stereocenters. The van der Waals surface area contributed by atoms with Gasteiger partial charge in [-0.3, -0.25) is 10.6 Å². The number of likely N-dealkylation sites (tertiary alicyclic amines) is 1. The van der Waals surface area contributed by atoms with Crippen LogP contribution in [0.15, 0.2) is 18.2 Å². The number of hydrazine groups is 1. The van der Waals surface area contributed by atoms with Gasteiger partial charge in [-0.1, -0.05) is 11.6 Å². The molecule has 0 aliphatic carbocycles. The summed E-state index contributed by atoms with van der Waals surface area (Å²) >= 11 is 0. The van der Waals surface area contributed by atoms with Gasteiger partial charge >= 0.3 is 0 Å². The number of hydrogen-bond acceptors (Lipinski definition) is 4. The summed E-state index contributed by atoms with van der Waals surface area (Å²) in [6, 6.07) is 5.67. The van der Waals surface area contributed by atoms with E-state index < -0.39 is 0 Å². The number of methoxy groups -OCH3 is 1. The number of nitrogens with one attached hydrogen (secondary N) is 1. The van der Waals surface area contributed by atoms with E-state index in [1.807, 2.05) is 30.0 Å². The molecule has 0 aromatic heterocycles. The van der Waals surface area contributed by atoms with Crippen LogP contribution in [0.1, 0.15) is 28.8 Å². The molecule has 5 nitrogen and oxygen atoms in total. The molecule has 0 radical (unpaired) electrons. The number of anilines is 1. The Morgan fingerprint density at radius 1 is 1.55 bits per heavy atom. The molecule has 1 aliphatic rings. The summed E-state index contributed by atoms with van der Waals surface area (Å²) in [5.41, 5.74) is 4.98. The lowest BCUT2D eigenvalue weighted by molar-refractivity contribution is 0.0571. The number of carbonyl (C=O) groups excluding carboxylic acids is 1. The number of piperidine rings is 1. The van der Waals surface area contributed by atoms with Gasteiger partial charge in [-0.15, -0.1) is 0 Å². The van der Waals surface area contributed by atoms with E-state index in [9.17, 15) is 4.79 Å². The van der Waals surface area contributed by atoms with E-state index in [1.54, 1.807) is 7.11 Å². The Morgan fingerprint density at radius 3 is 3.05 bits per heavy atom. The first-order valence-corrected chi connectivity index (χ1v) is 7.01. The fourth-order valence-corrected chi connectivity index (χ4v) is 2.75. The first kappa shape index (κ1) is 14.8. The molecule has 2 rings (SSSR count). The first-order chi connectivity index (χ1) is 9.65. The number of nitrogen functional groups attached to an aromatic ring is 1. The first-order valence-electron chi connectivity index (χ1n) is 7.01. The predicted molar refractivity (Wildman–Crippen MR) is 79.5 cm³/mol. The average molecular weight is 277 g/mol. The zero-order chi connectivity index (χ0) is 14.5. The highest BCUT2D eigenvalue weighted by molar-refractivity contribution is 5.99. The van der Waals surface area contributed by atoms with E-state index in [0.717, 1.165) is 31.5 Å². The largest absolute Gasteiger partial charge is 0.384 e. The van der Waals surface area contributed by atoms with E-state index in [4.69, 9.17) is 10.6 Å². The summed E-state index contributed by atoms with van der Waals surface area (Å²) < 4.78 is 5.21. The van der Waals surface area contributed by atoms with Crippen LogP contribution in [0.3, 0.4) is 0 Å². The highest BCUT2D eigenvalue weighted by atomic mass is 16.5. The molecule has 0 spiro atoms. The van der Waals surface area contributed by atoms with Crippen molar-refractivity contribution in [1.29, 1.82) is 0 Å². The molecule has 1 fully saturated rings. The van der Waals surface area contributed by atoms with E-state index in [2.05, 4.69) is 5.43 Å². The average Bonchev–Trinajstić information content (AvgIpc) is 2.47. The summed E-state index contributed by atoms with van der Waals surface area (Å²) in [7, 11) is 1.71. The van der Waals surface area contributed by atoms with Crippen LogP contribution < -0.4 is 11.3 Å². The summed E-state index contributed by atoms with van der Waals surface area (Å²) in [4.78, 5) is 14.6. The van der Waals surface area contributed by atoms with Crippen molar-refractivity contribution >= 4 is 11.6 Å². The van der Waals surface area contributed by atoms with Crippen LogP contribution in [0.4, 0.5) is 5.69 Å². The minimum absolute atomic E-state index is 0.0439. The van der Waals surface area contributed by atoms with Crippen LogP contribution in [0.5, 0.6) is 0 Å². The summed E-state index contributed by atoms with van der Waals surface area (Å²) in [5.74, 6) is 5.97. The molecule has 0 bridgehead atoms. The zero-order valence-electron chi connectivity index (χ0n) is 12.2. The van der Waals surface area contributed by atoms with Gasteiger partial charge in [0.05, 0.1) is 17.9 Å². The van der Waals surface area contributed by atoms with E-state index in [-0.39, 0.29) is 5.91 Å². The van der Waals surface area contributed by atoms with Crippen molar-refractivity contribution in [3.63, 3.8) is 0 Å². The number of aryl methyl sites for hydroxylation is 1. The monoisotopic (exact) mass is 277 g/mol. The molecule has 110 valence electrons. The molecular weight excluding hydrogens is 254 g/mol. The van der Waals surface area contributed by atoms with Crippen LogP contribution in [-0.2, 0) is 4.74 Å². The van der Waals surface area contributed by atoms with Gasteiger partial charge in [0.25, 0.3) is 5.91 Å². The maximum atomic E-state index is 12.7. The Labute approximate surface area is 120 Å². The number of hydrogen-bond donors (Lipinski definition) is 2. The smallest absolute Gasteiger partial charge is 0.256 e. The molecule has 1 aliphatic heterocycles. The van der Waals surface area contributed by atoms with Gasteiger partial charge in [-0.05, 0) is 37.8 Å². The Bertz CT molecular complexity index is 474. The number of nitrogens with zero attached hydrogens (tertiary/aromatic N) is 1. The number of ether oxygens (including phenoxy) is 1. The lowest BCUT2D eigenvalue weighted by atomic mass is 9.97. The molecule has 0 saturated carbocycles. The van der Waals surface area contributed by atoms with Crippen LogP contribution in [0.25, 0.3) is 0 Å². The highest BCUT2D eigenvalue weighted by Gasteiger charge is 2.25. The SMILES string of the molecule is COCC1CCCN(C(=O)c2cc(C)ccc2NN)C1. The zero-order valence-corrected chi connectivity index (χ0v) is 12.2. The second-order valence-corrected chi connectivity index (χ2v) is 5.41. The van der Waals surface area contributed by atoms with E-state index in [1.165, 1.54) is 0 Å². The Morgan fingerprint density at radius 2 is 2.35 bits per heavy atom. The fraction of sp³-hybridized carbons (Fsp3) is 0.533. The van der Waals surface area contributed by atoms with Crippen LogP contribution in [0, 0.1) is 12.8 Å². The van der Waals surface area contributed by atoms with Gasteiger partial charge in [0, 0.05) is 20.2 Å². The lowest BCUT2D eigenvalue weighted by Crippen LogP contribution is -2.41. The molecule has 1 heterocycles. The number of nitrogens with two attached hydrogens (primary N) is 1. The molecular formula is C15H23N3O2. The molecule has 1 atom stereocenters. The molecule has 3 N–H and O–H groups in total. The predicted octanol–water partition coefficient (Wildman–Crippen LogP) is 1.78. The highest BCUT2D eigenvalue weighted by Crippen LogP contribution is 2.23. The van der Waals surface area contributed by atoms with Crippen molar-refractivity contribution in [3.05, 3.63) is 29.3 Å². The molecule has 1 aromatic rings. The van der Waals surface area contributed by atoms with Crippen LogP contribution >= 0.6 is 0 Å². The third-order valence-electron chi connectivity index (χ3n) is 3.77. The lowest BCUT2D eigenvalue weighted by Gasteiger charge is -2.33. The number of benzene rings is 1. The third kappa shape index (κ3) is 3.29. The van der Waals surface area contributed by atoms with Gasteiger partial charge < -0.3 is 15.1 Å². The maximum absolute atomic E-state index is 12.7. The van der Waals surface area contributed by atoms with Crippen molar-refractivity contribution in [1.82, 2.24) is 4.90 Å². The van der Waals surface area contributed by atoms with Crippen molar-refractivity contribution < 1.29 is 9.53 Å². The molecule has 5 heteroatoms. The van der Waals surface area contributed by atoms with Crippen LogP contribution in [-0.4, -0.2) is 37.6 Å². The minimum Gasteiger partial charge on any atom is -0.384 e. The summed E-state index contributed by atoms with van der Waals surface area (Å²) in [6.07, 6.45) is 2.14. The Kier molecular flexibility index (Phi) is 4.98. The Hall–Kier alpha value is -1.59. The van der Waals surface area contributed by atoms with Gasteiger partial charge in [0.2, 0.25) is 0 Å². The van der Waals surface area contributed by atoms with Gasteiger partial charge in [-0.2, -0.15) is 0 Å². The van der Waals surface area contributed by atoms with Crippen molar-refractivity contribution in [2.24, 2.45) is 11.8 Å². The van der Waals surface area contributed by atoms with E-state index >= 15 is 0 Å². The summed E-state index contributed by atoms with van der Waals surface area (Å²) in [5, 5.41) is 0. The van der Waals surface area contributed by atoms with Crippen molar-refractivity contribution in [2.75, 3.05) is 32.2 Å². The van der Waals surface area contributed by atoms with E-state index in [0.29, 0.717) is 23.8 Å². The number of carbonyl (C=O) groups is 1. The second-order valence-electron chi connectivity index (χ2n) is 5.41. The summed E-state index contributed by atoms with van der Waals surface area (Å²) in [6.45, 7) is 4.24. The van der Waals surface area contributed by atoms with Gasteiger partial charge in [0.1, 0.15) is 0 Å². The van der Waals surface area contributed by atoms with Gasteiger partial charge in [-0.25, -0.2) is 0 Å². The topological polar surface area (TPSA) is 67.6 Å². The van der Waals surface area contributed by atoms with Crippen molar-refractivity contribution in [3.8, 4) is 0 Å². The third-order valence-corrected chi connectivity index (χ3v) is 3.77. The number of amides is 1. The van der Waals surface area contributed by atoms with Gasteiger partial charge in [0.15, 0.2) is 0 Å². The van der Waals surface area contributed by atoms with Crippen LogP contribution in [0.2, 0.25) is 0 Å². The quantitative estimate of drug-likeness (QED) is 0.650. The fourth-order valence-electron chi connectivity index (χ4n) is 2.75. The maximum Gasteiger partial charge on any atom is 0.256 e.